The van der Waals surface area contributed by atoms with Crippen molar-refractivity contribution in [2.75, 3.05) is 46.8 Å². The largest absolute Gasteiger partial charge is 0.497 e. The molecule has 3 aromatic rings. The number of hydrogen-bond acceptors (Lipinski definition) is 9. The van der Waals surface area contributed by atoms with Gasteiger partial charge >= 0.3 is 16.6 Å². The number of carbonyl (C=O) groups is 3. The molecule has 0 aromatic heterocycles. The summed E-state index contributed by atoms with van der Waals surface area (Å²) in [6.45, 7) is 13.4. The average Bonchev–Trinajstić information content (AvgIpc) is 3.16. The minimum atomic E-state index is -4.18. The maximum Gasteiger partial charge on any atom is 0.323 e. The Balaban J connectivity index is 2.50. The van der Waals surface area contributed by atoms with Crippen LogP contribution in [0.1, 0.15) is 124 Å². The number of benzene rings is 3. The summed E-state index contributed by atoms with van der Waals surface area (Å²) < 4.78 is 36.3. The molecule has 53 heavy (non-hydrogen) atoms. The van der Waals surface area contributed by atoms with Crippen LogP contribution in [0.2, 0.25) is 0 Å². The lowest BCUT2D eigenvalue weighted by Gasteiger charge is -2.27. The Labute approximate surface area is 317 Å². The lowest BCUT2D eigenvalue weighted by Crippen LogP contribution is -2.30. The van der Waals surface area contributed by atoms with E-state index in [2.05, 4.69) is 27.7 Å². The first kappa shape index (κ1) is 43.3. The zero-order valence-electron chi connectivity index (χ0n) is 33.1. The van der Waals surface area contributed by atoms with Gasteiger partial charge in [0.05, 0.1) is 46.8 Å². The van der Waals surface area contributed by atoms with Gasteiger partial charge in [0.15, 0.2) is 0 Å². The molecule has 0 aliphatic rings. The van der Waals surface area contributed by atoms with Crippen LogP contribution in [0, 0.1) is 5.92 Å². The van der Waals surface area contributed by atoms with Crippen molar-refractivity contribution < 1.29 is 42.8 Å². The van der Waals surface area contributed by atoms with Crippen molar-refractivity contribution in [2.45, 2.75) is 92.9 Å². The van der Waals surface area contributed by atoms with Crippen molar-refractivity contribution in [1.82, 2.24) is 0 Å². The molecule has 9 nitrogen and oxygen atoms in total. The van der Waals surface area contributed by atoms with Gasteiger partial charge in [0.25, 0.3) is 0 Å². The van der Waals surface area contributed by atoms with Crippen LogP contribution in [-0.2, 0) is 0 Å². The minimum Gasteiger partial charge on any atom is -0.497 e. The van der Waals surface area contributed by atoms with Crippen molar-refractivity contribution in [2.24, 2.45) is 5.92 Å². The van der Waals surface area contributed by atoms with Gasteiger partial charge in [-0.3, -0.25) is 0 Å². The molecule has 0 saturated heterocycles. The molecule has 0 saturated carbocycles. The molecule has 0 aliphatic carbocycles. The quantitative estimate of drug-likeness (QED) is 0.0585. The Morgan fingerprint density at radius 3 is 1.26 bits per heavy atom. The predicted octanol–water partition coefficient (Wildman–Crippen LogP) is 10.9. The topological polar surface area (TPSA) is 107 Å². The lowest BCUT2D eigenvalue weighted by molar-refractivity contribution is 0.100. The van der Waals surface area contributed by atoms with Crippen LogP contribution in [0.5, 0.6) is 34.5 Å². The van der Waals surface area contributed by atoms with Crippen LogP contribution in [0.15, 0.2) is 54.6 Å². The minimum absolute atomic E-state index is 0.0198. The van der Waals surface area contributed by atoms with Gasteiger partial charge in [0.1, 0.15) is 51.2 Å². The van der Waals surface area contributed by atoms with Crippen molar-refractivity contribution in [3.05, 3.63) is 71.3 Å². The maximum atomic E-state index is 15.9. The van der Waals surface area contributed by atoms with Crippen molar-refractivity contribution >= 4 is 23.8 Å². The Bertz CT molecular complexity index is 1500. The van der Waals surface area contributed by atoms with Crippen molar-refractivity contribution in [1.29, 1.82) is 0 Å². The molecule has 0 N–H and O–H groups in total. The first-order chi connectivity index (χ1) is 25.6. The number of rotatable bonds is 26. The van der Waals surface area contributed by atoms with Gasteiger partial charge in [0, 0.05) is 6.07 Å². The van der Waals surface area contributed by atoms with Gasteiger partial charge in [-0.25, -0.2) is 14.4 Å². The molecule has 3 aromatic carbocycles. The fraction of sp³-hybridized carbons (Fsp3) is 0.512. The molecule has 0 spiro atoms. The summed E-state index contributed by atoms with van der Waals surface area (Å²) in [4.78, 5) is 47.4. The zero-order valence-corrected chi connectivity index (χ0v) is 34.0. The normalized spacial score (nSPS) is 11.3. The average molecular weight is 752 g/mol. The first-order valence-corrected chi connectivity index (χ1v) is 21.1. The van der Waals surface area contributed by atoms with Crippen LogP contribution in [-0.4, -0.2) is 63.4 Å². The summed E-state index contributed by atoms with van der Waals surface area (Å²) in [7, 11) is -1.21. The van der Waals surface area contributed by atoms with Gasteiger partial charge in [0.2, 0.25) is 7.26 Å². The molecule has 0 radical (unpaired) electrons. The third-order valence-electron chi connectivity index (χ3n) is 8.74. The highest BCUT2D eigenvalue weighted by Crippen LogP contribution is 2.69. The van der Waals surface area contributed by atoms with Gasteiger partial charge in [-0.15, -0.1) is 0 Å². The Hall–Kier alpha value is -4.10. The molecule has 3 rings (SSSR count). The Kier molecular flexibility index (Phi) is 18.1. The molecule has 0 atom stereocenters. The molecule has 0 unspecified atom stereocenters. The van der Waals surface area contributed by atoms with Crippen molar-refractivity contribution in [3.8, 4) is 34.5 Å². The molecule has 0 bridgehead atoms. The van der Waals surface area contributed by atoms with Gasteiger partial charge < -0.3 is 28.4 Å². The SMILES string of the molecule is CCCCOc1cccc(OCCCC)c1C(=O)[P+](CC(C)C)(C(=O)c1ccc(OC)cc1OC)C(=O)c1c(OCCCC)cccc1OCCCC. The van der Waals surface area contributed by atoms with Crippen LogP contribution < -0.4 is 28.4 Å². The van der Waals surface area contributed by atoms with E-state index in [0.717, 1.165) is 51.4 Å². The second kappa shape index (κ2) is 22.2. The monoisotopic (exact) mass is 751 g/mol. The number of carbonyl (C=O) groups excluding carboxylic acids is 3. The summed E-state index contributed by atoms with van der Waals surface area (Å²) in [6.07, 6.45) is 6.51. The van der Waals surface area contributed by atoms with Crippen LogP contribution in [0.25, 0.3) is 0 Å². The molecule has 0 aliphatic heterocycles. The summed E-state index contributed by atoms with van der Waals surface area (Å²) in [5.41, 5.74) is -1.52. The van der Waals surface area contributed by atoms with E-state index in [4.69, 9.17) is 28.4 Å². The van der Waals surface area contributed by atoms with E-state index in [1.54, 1.807) is 54.6 Å². The van der Waals surface area contributed by atoms with Crippen LogP contribution in [0.4, 0.5) is 0 Å². The van der Waals surface area contributed by atoms with E-state index < -0.39 is 23.8 Å². The molecule has 290 valence electrons. The van der Waals surface area contributed by atoms with E-state index in [0.29, 0.717) is 32.2 Å². The highest BCUT2D eigenvalue weighted by atomic mass is 31.2. The third-order valence-corrected chi connectivity index (χ3v) is 12.8. The van der Waals surface area contributed by atoms with E-state index in [9.17, 15) is 0 Å². The van der Waals surface area contributed by atoms with Crippen LogP contribution in [0.3, 0.4) is 0 Å². The summed E-state index contributed by atoms with van der Waals surface area (Å²) in [6, 6.07) is 15.2. The molecule has 10 heteroatoms. The fourth-order valence-electron chi connectivity index (χ4n) is 5.87. The highest BCUT2D eigenvalue weighted by Gasteiger charge is 2.65. The molecular formula is C43H60O9P+. The summed E-state index contributed by atoms with van der Waals surface area (Å²) >= 11 is 0. The first-order valence-electron chi connectivity index (χ1n) is 19.2. The number of ether oxygens (including phenoxy) is 6. The summed E-state index contributed by atoms with van der Waals surface area (Å²) in [5, 5.41) is 0. The van der Waals surface area contributed by atoms with Gasteiger partial charge in [-0.05, 0) is 68.0 Å². The maximum absolute atomic E-state index is 15.9. The van der Waals surface area contributed by atoms with Gasteiger partial charge in [-0.1, -0.05) is 79.4 Å². The highest BCUT2D eigenvalue weighted by molar-refractivity contribution is 8.16. The van der Waals surface area contributed by atoms with Crippen LogP contribution >= 0.6 is 7.26 Å². The number of hydrogen-bond donors (Lipinski definition) is 0. The Morgan fingerprint density at radius 2 is 0.943 bits per heavy atom. The predicted molar refractivity (Wildman–Crippen MR) is 214 cm³/mol. The molecule has 0 fully saturated rings. The fourth-order valence-corrected chi connectivity index (χ4v) is 9.81. The second-order valence-corrected chi connectivity index (χ2v) is 16.6. The van der Waals surface area contributed by atoms with E-state index in [1.165, 1.54) is 14.2 Å². The van der Waals surface area contributed by atoms with Gasteiger partial charge in [-0.2, -0.15) is 0 Å². The molecular weight excluding hydrogens is 691 g/mol. The molecule has 0 heterocycles. The lowest BCUT2D eigenvalue weighted by atomic mass is 10.2. The third kappa shape index (κ3) is 11.0. The standard InChI is InChI=1S/C43H60O9P/c1-9-13-25-49-34-19-17-20-35(50-26-14-10-2)39(34)42(45)53(30-31(5)6,41(44)33-24-23-32(47-7)29-38(33)48-8)43(46)40-36(51-27-15-11-3)21-18-22-37(40)52-28-16-12-4/h17-24,29,31H,9-16,25-28,30H2,1-8H3/q+1. The number of unbranched alkanes of at least 4 members (excludes halogenated alkanes) is 4. The van der Waals surface area contributed by atoms with E-state index >= 15 is 14.4 Å². The molecule has 0 amide bonds. The smallest absolute Gasteiger partial charge is 0.323 e. The number of methoxy groups -OCH3 is 2. The second-order valence-electron chi connectivity index (χ2n) is 13.4. The van der Waals surface area contributed by atoms with Crippen molar-refractivity contribution in [3.63, 3.8) is 0 Å². The van der Waals surface area contributed by atoms with E-state index in [-0.39, 0.29) is 57.5 Å². The zero-order chi connectivity index (χ0) is 38.8. The summed E-state index contributed by atoms with van der Waals surface area (Å²) in [5.74, 6) is 1.52. The Morgan fingerprint density at radius 1 is 0.547 bits per heavy atom. The van der Waals surface area contributed by atoms with E-state index in [1.807, 2.05) is 13.8 Å².